The Morgan fingerprint density at radius 2 is 2.00 bits per heavy atom. The van der Waals surface area contributed by atoms with Crippen LogP contribution in [0.5, 0.6) is 0 Å². The second kappa shape index (κ2) is 2.54. The number of carboxylic acids is 1. The lowest BCUT2D eigenvalue weighted by Crippen LogP contribution is -2.40. The highest BCUT2D eigenvalue weighted by atomic mass is 16.4. The number of nitrogens with two attached hydrogens (primary N) is 1. The molecule has 0 aliphatic heterocycles. The minimum Gasteiger partial charge on any atom is -0.481 e. The van der Waals surface area contributed by atoms with Crippen LogP contribution >= 0.6 is 0 Å². The SMILES string of the molecule is CC1(C)[C@]2(C(=O)O)CC[C@]1(C)/C(=N\N)C2. The summed E-state index contributed by atoms with van der Waals surface area (Å²) >= 11 is 0. The average molecular weight is 210 g/mol. The van der Waals surface area contributed by atoms with Gasteiger partial charge in [-0.3, -0.25) is 4.79 Å². The molecule has 0 heterocycles. The molecule has 3 N–H and O–H groups in total. The van der Waals surface area contributed by atoms with Crippen molar-refractivity contribution < 1.29 is 9.90 Å². The zero-order valence-corrected chi connectivity index (χ0v) is 9.50. The van der Waals surface area contributed by atoms with Crippen molar-refractivity contribution in [2.24, 2.45) is 27.2 Å². The summed E-state index contributed by atoms with van der Waals surface area (Å²) in [6.45, 7) is 6.16. The van der Waals surface area contributed by atoms with Crippen LogP contribution in [-0.4, -0.2) is 16.8 Å². The second-order valence-electron chi connectivity index (χ2n) is 5.60. The number of carboxylic acid groups (broad SMARTS) is 1. The molecule has 15 heavy (non-hydrogen) atoms. The minimum atomic E-state index is -0.699. The van der Waals surface area contributed by atoms with E-state index in [0.29, 0.717) is 6.42 Å². The zero-order chi connectivity index (χ0) is 11.5. The molecule has 2 atom stereocenters. The predicted molar refractivity (Wildman–Crippen MR) is 57.4 cm³/mol. The normalized spacial score (nSPS) is 44.9. The summed E-state index contributed by atoms with van der Waals surface area (Å²) in [5.41, 5.74) is -0.175. The molecular weight excluding hydrogens is 192 g/mol. The van der Waals surface area contributed by atoms with E-state index in [-0.39, 0.29) is 10.8 Å². The van der Waals surface area contributed by atoms with Crippen LogP contribution in [-0.2, 0) is 4.79 Å². The van der Waals surface area contributed by atoms with Crippen LogP contribution in [0.1, 0.15) is 40.0 Å². The second-order valence-corrected chi connectivity index (χ2v) is 5.60. The maximum absolute atomic E-state index is 11.5. The Kier molecular flexibility index (Phi) is 1.77. The van der Waals surface area contributed by atoms with E-state index < -0.39 is 11.4 Å². The maximum atomic E-state index is 11.5. The highest BCUT2D eigenvalue weighted by molar-refractivity contribution is 6.00. The van der Waals surface area contributed by atoms with Crippen molar-refractivity contribution in [3.63, 3.8) is 0 Å². The van der Waals surface area contributed by atoms with Crippen molar-refractivity contribution >= 4 is 11.7 Å². The number of fused-ring (bicyclic) bond motifs is 2. The Morgan fingerprint density at radius 1 is 1.40 bits per heavy atom. The third-order valence-corrected chi connectivity index (χ3v) is 5.30. The molecule has 0 aromatic carbocycles. The van der Waals surface area contributed by atoms with Crippen molar-refractivity contribution in [1.82, 2.24) is 0 Å². The van der Waals surface area contributed by atoms with Crippen molar-refractivity contribution in [3.05, 3.63) is 0 Å². The van der Waals surface area contributed by atoms with Gasteiger partial charge < -0.3 is 10.9 Å². The minimum absolute atomic E-state index is 0.139. The van der Waals surface area contributed by atoms with E-state index in [0.717, 1.165) is 18.6 Å². The van der Waals surface area contributed by atoms with Crippen molar-refractivity contribution in [3.8, 4) is 0 Å². The van der Waals surface area contributed by atoms with Gasteiger partial charge in [0.25, 0.3) is 0 Å². The topological polar surface area (TPSA) is 75.7 Å². The van der Waals surface area contributed by atoms with Gasteiger partial charge in [0.05, 0.1) is 5.41 Å². The van der Waals surface area contributed by atoms with Gasteiger partial charge in [-0.2, -0.15) is 5.10 Å². The first-order chi connectivity index (χ1) is 6.82. The number of hydrogen-bond donors (Lipinski definition) is 2. The van der Waals surface area contributed by atoms with E-state index in [1.165, 1.54) is 0 Å². The number of carbonyl (C=O) groups is 1. The Labute approximate surface area is 89.5 Å². The van der Waals surface area contributed by atoms with Crippen LogP contribution in [0.15, 0.2) is 5.10 Å². The molecule has 4 nitrogen and oxygen atoms in total. The lowest BCUT2D eigenvalue weighted by molar-refractivity contribution is -0.154. The first-order valence-corrected chi connectivity index (χ1v) is 5.32. The first kappa shape index (κ1) is 10.5. The van der Waals surface area contributed by atoms with Crippen LogP contribution in [0.2, 0.25) is 0 Å². The molecule has 84 valence electrons. The Hall–Kier alpha value is -1.06. The number of hydrazone groups is 1. The number of hydrogen-bond acceptors (Lipinski definition) is 3. The van der Waals surface area contributed by atoms with Crippen molar-refractivity contribution in [1.29, 1.82) is 0 Å². The van der Waals surface area contributed by atoms with E-state index in [1.54, 1.807) is 0 Å². The summed E-state index contributed by atoms with van der Waals surface area (Å²) in [4.78, 5) is 11.5. The summed E-state index contributed by atoms with van der Waals surface area (Å²) in [6, 6.07) is 0. The van der Waals surface area contributed by atoms with E-state index in [4.69, 9.17) is 5.84 Å². The van der Waals surface area contributed by atoms with Crippen LogP contribution in [0.25, 0.3) is 0 Å². The van der Waals surface area contributed by atoms with Crippen LogP contribution in [0.4, 0.5) is 0 Å². The summed E-state index contributed by atoms with van der Waals surface area (Å²) in [6.07, 6.45) is 2.13. The smallest absolute Gasteiger partial charge is 0.310 e. The van der Waals surface area contributed by atoms with Gasteiger partial charge in [0.1, 0.15) is 0 Å². The molecule has 0 aromatic rings. The Morgan fingerprint density at radius 3 is 2.33 bits per heavy atom. The van der Waals surface area contributed by atoms with E-state index in [1.807, 2.05) is 13.8 Å². The van der Waals surface area contributed by atoms with E-state index in [9.17, 15) is 9.90 Å². The molecule has 0 unspecified atom stereocenters. The molecular formula is C11H18N2O2. The lowest BCUT2D eigenvalue weighted by Gasteiger charge is -2.37. The van der Waals surface area contributed by atoms with Gasteiger partial charge >= 0.3 is 5.97 Å². The Balaban J connectivity index is 2.61. The fourth-order valence-electron chi connectivity index (χ4n) is 3.55. The molecule has 2 rings (SSSR count). The standard InChI is InChI=1S/C11H18N2O2/c1-9(2)10(3)4-5-11(9,8(14)15)6-7(10)13-12/h4-6,12H2,1-3H3,(H,14,15)/b13-7-/t10-,11-/m1/s1. The molecule has 2 saturated carbocycles. The van der Waals surface area contributed by atoms with E-state index in [2.05, 4.69) is 12.0 Å². The molecule has 0 aromatic heterocycles. The fourth-order valence-corrected chi connectivity index (χ4v) is 3.55. The van der Waals surface area contributed by atoms with Crippen LogP contribution < -0.4 is 5.84 Å². The molecule has 2 aliphatic carbocycles. The van der Waals surface area contributed by atoms with Crippen molar-refractivity contribution in [2.45, 2.75) is 40.0 Å². The zero-order valence-electron chi connectivity index (χ0n) is 9.50. The lowest BCUT2D eigenvalue weighted by atomic mass is 9.65. The average Bonchev–Trinajstić information content (AvgIpc) is 2.46. The number of nitrogens with zero attached hydrogens (tertiary/aromatic N) is 1. The molecule has 4 heteroatoms. The number of aliphatic carboxylic acids is 1. The highest BCUT2D eigenvalue weighted by Gasteiger charge is 2.71. The van der Waals surface area contributed by atoms with Gasteiger partial charge in [0.15, 0.2) is 0 Å². The van der Waals surface area contributed by atoms with Gasteiger partial charge in [-0.05, 0) is 18.3 Å². The first-order valence-electron chi connectivity index (χ1n) is 5.32. The Bertz CT molecular complexity index is 362. The molecule has 0 saturated heterocycles. The highest BCUT2D eigenvalue weighted by Crippen LogP contribution is 2.70. The summed E-state index contributed by atoms with van der Waals surface area (Å²) in [7, 11) is 0. The molecule has 0 amide bonds. The van der Waals surface area contributed by atoms with Gasteiger partial charge in [-0.25, -0.2) is 0 Å². The summed E-state index contributed by atoms with van der Waals surface area (Å²) < 4.78 is 0. The molecule has 2 aliphatic rings. The van der Waals surface area contributed by atoms with Gasteiger partial charge in [-0.1, -0.05) is 20.8 Å². The molecule has 0 radical (unpaired) electrons. The van der Waals surface area contributed by atoms with Crippen LogP contribution in [0, 0.1) is 16.2 Å². The van der Waals surface area contributed by atoms with Crippen LogP contribution in [0.3, 0.4) is 0 Å². The monoisotopic (exact) mass is 210 g/mol. The maximum Gasteiger partial charge on any atom is 0.310 e. The summed E-state index contributed by atoms with van der Waals surface area (Å²) in [5.74, 6) is 4.68. The third-order valence-electron chi connectivity index (χ3n) is 5.30. The molecule has 2 bridgehead atoms. The summed E-state index contributed by atoms with van der Waals surface area (Å²) in [5, 5.41) is 13.3. The van der Waals surface area contributed by atoms with Gasteiger partial charge in [-0.15, -0.1) is 0 Å². The predicted octanol–water partition coefficient (Wildman–Crippen LogP) is 1.60. The third kappa shape index (κ3) is 0.840. The van der Waals surface area contributed by atoms with Crippen molar-refractivity contribution in [2.75, 3.05) is 0 Å². The number of rotatable bonds is 1. The fraction of sp³-hybridized carbons (Fsp3) is 0.818. The van der Waals surface area contributed by atoms with Gasteiger partial charge in [0, 0.05) is 17.5 Å². The molecule has 2 fully saturated rings. The quantitative estimate of drug-likeness (QED) is 0.510. The largest absolute Gasteiger partial charge is 0.481 e. The molecule has 0 spiro atoms. The van der Waals surface area contributed by atoms with E-state index >= 15 is 0 Å². The van der Waals surface area contributed by atoms with Gasteiger partial charge in [0.2, 0.25) is 0 Å².